The van der Waals surface area contributed by atoms with Crippen molar-refractivity contribution in [2.24, 2.45) is 5.92 Å². The molecule has 3 aromatic rings. The number of benzene rings is 2. The van der Waals surface area contributed by atoms with Gasteiger partial charge in [-0.1, -0.05) is 29.4 Å². The molecule has 2 bridgehead atoms. The van der Waals surface area contributed by atoms with Crippen LogP contribution in [-0.4, -0.2) is 73.1 Å². The Bertz CT molecular complexity index is 1240. The minimum Gasteiger partial charge on any atom is -1.00 e. The van der Waals surface area contributed by atoms with Crippen LogP contribution in [0.25, 0.3) is 0 Å². The van der Waals surface area contributed by atoms with Gasteiger partial charge >= 0.3 is 5.97 Å². The number of rotatable bonds is 9. The second-order valence-corrected chi connectivity index (χ2v) is 10.0. The summed E-state index contributed by atoms with van der Waals surface area (Å²) in [4.78, 5) is 26.6. The van der Waals surface area contributed by atoms with Gasteiger partial charge < -0.3 is 50.6 Å². The molecule has 4 heterocycles. The van der Waals surface area contributed by atoms with Crippen LogP contribution >= 0.6 is 0 Å². The van der Waals surface area contributed by atoms with Crippen LogP contribution in [0.15, 0.2) is 65.4 Å². The number of halogens is 1. The Morgan fingerprint density at radius 3 is 2.21 bits per heavy atom. The normalized spacial score (nSPS) is 21.9. The first-order valence-electron chi connectivity index (χ1n) is 12.6. The molecular weight excluding hydrogens is 570 g/mol. The molecule has 0 aliphatic carbocycles. The summed E-state index contributed by atoms with van der Waals surface area (Å²) in [6.45, 7) is 2.38. The lowest BCUT2D eigenvalue weighted by Gasteiger charge is -2.51. The maximum Gasteiger partial charge on any atom is 0.348 e. The highest BCUT2D eigenvalue weighted by Gasteiger charge is 2.51. The SMILES string of the molecule is COc1cccc(C(O)(C(=O)OC2C[N+]3(CC(=O)Nc4ccon4)CCC2CC3)c2cccc(OC)c2)c1.[Br-]. The zero-order chi connectivity index (χ0) is 26.8. The lowest BCUT2D eigenvalue weighted by molar-refractivity contribution is -0.939. The van der Waals surface area contributed by atoms with Gasteiger partial charge in [0.15, 0.2) is 18.5 Å². The van der Waals surface area contributed by atoms with E-state index in [-0.39, 0.29) is 35.4 Å². The van der Waals surface area contributed by atoms with Crippen LogP contribution in [0.1, 0.15) is 24.0 Å². The number of fused-ring (bicyclic) bond motifs is 3. The average molecular weight is 602 g/mol. The smallest absolute Gasteiger partial charge is 0.348 e. The van der Waals surface area contributed by atoms with Crippen molar-refractivity contribution in [3.8, 4) is 11.5 Å². The van der Waals surface area contributed by atoms with Crippen LogP contribution in [-0.2, 0) is 19.9 Å². The molecule has 3 saturated heterocycles. The summed E-state index contributed by atoms with van der Waals surface area (Å²) in [6.07, 6.45) is 2.61. The van der Waals surface area contributed by atoms with Crippen molar-refractivity contribution in [2.75, 3.05) is 45.7 Å². The fourth-order valence-corrected chi connectivity index (χ4v) is 5.66. The van der Waals surface area contributed by atoms with E-state index >= 15 is 0 Å². The number of amides is 1. The van der Waals surface area contributed by atoms with Gasteiger partial charge in [0, 0.05) is 36.0 Å². The van der Waals surface area contributed by atoms with Gasteiger partial charge in [0.2, 0.25) is 5.60 Å². The molecule has 3 aliphatic rings. The van der Waals surface area contributed by atoms with Crippen LogP contribution in [0.4, 0.5) is 5.82 Å². The van der Waals surface area contributed by atoms with Crippen LogP contribution in [0.5, 0.6) is 11.5 Å². The molecule has 10 nitrogen and oxygen atoms in total. The Hall–Kier alpha value is -3.41. The van der Waals surface area contributed by atoms with Gasteiger partial charge in [0.25, 0.3) is 5.91 Å². The number of anilines is 1. The maximum atomic E-state index is 13.9. The lowest BCUT2D eigenvalue weighted by atomic mass is 9.82. The first-order valence-corrected chi connectivity index (χ1v) is 12.6. The number of carbonyl (C=O) groups excluding carboxylic acids is 2. The minimum absolute atomic E-state index is 0. The predicted molar refractivity (Wildman–Crippen MR) is 136 cm³/mol. The summed E-state index contributed by atoms with van der Waals surface area (Å²) in [5.74, 6) is 0.586. The Labute approximate surface area is 237 Å². The number of aromatic nitrogens is 1. The quantitative estimate of drug-likeness (QED) is 0.254. The van der Waals surface area contributed by atoms with Gasteiger partial charge in [0.05, 0.1) is 27.3 Å². The van der Waals surface area contributed by atoms with Crippen LogP contribution < -0.4 is 31.8 Å². The van der Waals surface area contributed by atoms with Crippen molar-refractivity contribution in [2.45, 2.75) is 24.5 Å². The molecule has 1 amide bonds. The van der Waals surface area contributed by atoms with E-state index < -0.39 is 17.7 Å². The van der Waals surface area contributed by atoms with Crippen molar-refractivity contribution in [1.29, 1.82) is 0 Å². The summed E-state index contributed by atoms with van der Waals surface area (Å²) < 4.78 is 22.1. The zero-order valence-corrected chi connectivity index (χ0v) is 23.4. The molecule has 0 spiro atoms. The summed E-state index contributed by atoms with van der Waals surface area (Å²) in [5.41, 5.74) is -1.44. The van der Waals surface area contributed by atoms with Gasteiger partial charge in [-0.25, -0.2) is 4.79 Å². The molecule has 2 N–H and O–H groups in total. The molecule has 1 atom stereocenters. The standard InChI is InChI=1S/C28H31N3O7.BrH/c1-35-22-7-3-5-20(15-22)28(34,21-6-4-8-23(16-21)36-2)27(33)38-24-17-31(12-9-19(24)10-13-31)18-26(32)29-25-11-14-37-30-25;/h3-8,11,14-16,19,24,34H,9-10,12-13,17-18H2,1-2H3;1H. The second-order valence-electron chi connectivity index (χ2n) is 10.0. The fourth-order valence-electron chi connectivity index (χ4n) is 5.66. The van der Waals surface area contributed by atoms with E-state index in [9.17, 15) is 14.7 Å². The number of nitrogens with one attached hydrogen (secondary N) is 1. The van der Waals surface area contributed by atoms with E-state index in [0.29, 0.717) is 39.5 Å². The molecule has 39 heavy (non-hydrogen) atoms. The highest BCUT2D eigenvalue weighted by atomic mass is 79.9. The van der Waals surface area contributed by atoms with Gasteiger partial charge in [-0.2, -0.15) is 0 Å². The van der Waals surface area contributed by atoms with Crippen molar-refractivity contribution >= 4 is 17.7 Å². The molecular formula is C28H32BrN3O7. The van der Waals surface area contributed by atoms with Crippen molar-refractivity contribution < 1.29 is 54.9 Å². The van der Waals surface area contributed by atoms with E-state index in [0.717, 1.165) is 25.9 Å². The maximum absolute atomic E-state index is 13.9. The van der Waals surface area contributed by atoms with E-state index in [2.05, 4.69) is 10.5 Å². The molecule has 3 aliphatic heterocycles. The predicted octanol–water partition coefficient (Wildman–Crippen LogP) is -0.277. The monoisotopic (exact) mass is 601 g/mol. The third-order valence-corrected chi connectivity index (χ3v) is 7.75. The van der Waals surface area contributed by atoms with Crippen LogP contribution in [0.3, 0.4) is 0 Å². The Kier molecular flexibility index (Phi) is 8.63. The lowest BCUT2D eigenvalue weighted by Crippen LogP contribution is -3.00. The van der Waals surface area contributed by atoms with Gasteiger partial charge in [-0.3, -0.25) is 4.79 Å². The summed E-state index contributed by atoms with van der Waals surface area (Å²) in [6, 6.07) is 15.1. The van der Waals surface area contributed by atoms with E-state index in [1.165, 1.54) is 20.5 Å². The first kappa shape index (κ1) is 28.6. The molecule has 208 valence electrons. The fraction of sp³-hybridized carbons (Fsp3) is 0.393. The van der Waals surface area contributed by atoms with Crippen LogP contribution in [0, 0.1) is 5.92 Å². The summed E-state index contributed by atoms with van der Waals surface area (Å²) in [7, 11) is 3.05. The molecule has 0 radical (unpaired) electrons. The number of methoxy groups -OCH3 is 2. The third-order valence-electron chi connectivity index (χ3n) is 7.75. The Morgan fingerprint density at radius 1 is 1.05 bits per heavy atom. The van der Waals surface area contributed by atoms with Gasteiger partial charge in [-0.15, -0.1) is 0 Å². The van der Waals surface area contributed by atoms with Crippen molar-refractivity contribution in [3.63, 3.8) is 0 Å². The van der Waals surface area contributed by atoms with E-state index in [4.69, 9.17) is 18.7 Å². The number of esters is 1. The molecule has 1 aromatic heterocycles. The topological polar surface area (TPSA) is 120 Å². The highest BCUT2D eigenvalue weighted by Crippen LogP contribution is 2.39. The summed E-state index contributed by atoms with van der Waals surface area (Å²) in [5, 5.41) is 18.5. The number of nitrogens with zero attached hydrogens (tertiary/aromatic N) is 2. The number of hydrogen-bond acceptors (Lipinski definition) is 8. The molecule has 1 unspecified atom stereocenters. The number of aliphatic hydroxyl groups is 1. The zero-order valence-electron chi connectivity index (χ0n) is 21.8. The number of carbonyl (C=O) groups is 2. The molecule has 6 rings (SSSR count). The van der Waals surface area contributed by atoms with Crippen LogP contribution in [0.2, 0.25) is 0 Å². The Balaban J connectivity index is 0.00000353. The molecule has 3 fully saturated rings. The van der Waals surface area contributed by atoms with Gasteiger partial charge in [-0.05, 0) is 24.3 Å². The van der Waals surface area contributed by atoms with Gasteiger partial charge in [0.1, 0.15) is 24.3 Å². The highest BCUT2D eigenvalue weighted by molar-refractivity contribution is 5.90. The number of piperidine rings is 3. The first-order chi connectivity index (χ1) is 18.3. The third kappa shape index (κ3) is 5.80. The molecule has 11 heteroatoms. The molecule has 2 aromatic carbocycles. The Morgan fingerprint density at radius 2 is 1.67 bits per heavy atom. The minimum atomic E-state index is -2.09. The largest absolute Gasteiger partial charge is 1.00 e. The van der Waals surface area contributed by atoms with Crippen molar-refractivity contribution in [1.82, 2.24) is 5.16 Å². The van der Waals surface area contributed by atoms with E-state index in [1.54, 1.807) is 54.6 Å². The average Bonchev–Trinajstić information content (AvgIpc) is 3.45. The van der Waals surface area contributed by atoms with E-state index in [1.807, 2.05) is 0 Å². The van der Waals surface area contributed by atoms with Crippen molar-refractivity contribution in [3.05, 3.63) is 72.0 Å². The number of quaternary nitrogens is 1. The number of hydrogen-bond donors (Lipinski definition) is 2. The second kappa shape index (κ2) is 11.8. The number of ether oxygens (including phenoxy) is 3. The summed E-state index contributed by atoms with van der Waals surface area (Å²) >= 11 is 0. The molecule has 0 saturated carbocycles.